The number of anilines is 1. The first kappa shape index (κ1) is 19.5. The fourth-order valence-corrected chi connectivity index (χ4v) is 3.28. The number of aliphatic imine (C=N–C) groups is 1. The lowest BCUT2D eigenvalue weighted by atomic mass is 10.1. The van der Waals surface area contributed by atoms with E-state index in [-0.39, 0.29) is 5.97 Å². The molecule has 0 saturated carbocycles. The van der Waals surface area contributed by atoms with E-state index >= 15 is 0 Å². The quantitative estimate of drug-likeness (QED) is 0.479. The van der Waals surface area contributed by atoms with E-state index in [0.717, 1.165) is 43.4 Å². The number of methoxy groups -OCH3 is 1. The maximum atomic E-state index is 11.5. The summed E-state index contributed by atoms with van der Waals surface area (Å²) in [7, 11) is 3.15. The molecule has 0 bridgehead atoms. The number of phenolic OH excluding ortho intramolecular Hbond substituents is 1. The van der Waals surface area contributed by atoms with Crippen LogP contribution in [-0.2, 0) is 11.3 Å². The molecular weight excluding hydrogens is 356 g/mol. The predicted octanol–water partition coefficient (Wildman–Crippen LogP) is 2.08. The van der Waals surface area contributed by atoms with Crippen molar-refractivity contribution in [2.75, 3.05) is 45.2 Å². The molecule has 1 saturated heterocycles. The lowest BCUT2D eigenvalue weighted by Crippen LogP contribution is -2.52. The van der Waals surface area contributed by atoms with Crippen molar-refractivity contribution in [2.24, 2.45) is 4.99 Å². The van der Waals surface area contributed by atoms with Crippen LogP contribution in [0.1, 0.15) is 15.9 Å². The third-order valence-corrected chi connectivity index (χ3v) is 4.84. The van der Waals surface area contributed by atoms with Gasteiger partial charge in [-0.2, -0.15) is 0 Å². The highest BCUT2D eigenvalue weighted by molar-refractivity contribution is 5.89. The molecule has 148 valence electrons. The Labute approximate surface area is 165 Å². The first-order valence-electron chi connectivity index (χ1n) is 9.28. The van der Waals surface area contributed by atoms with Gasteiger partial charge >= 0.3 is 5.97 Å². The highest BCUT2D eigenvalue weighted by Crippen LogP contribution is 2.27. The average Bonchev–Trinajstić information content (AvgIpc) is 2.75. The van der Waals surface area contributed by atoms with Crippen molar-refractivity contribution in [1.82, 2.24) is 10.2 Å². The molecule has 1 fully saturated rings. The number of guanidine groups is 1. The van der Waals surface area contributed by atoms with Gasteiger partial charge in [-0.25, -0.2) is 4.79 Å². The zero-order valence-electron chi connectivity index (χ0n) is 16.3. The fourth-order valence-electron chi connectivity index (χ4n) is 3.28. The summed E-state index contributed by atoms with van der Waals surface area (Å²) >= 11 is 0. The van der Waals surface area contributed by atoms with Crippen LogP contribution in [0, 0.1) is 0 Å². The molecule has 2 N–H and O–H groups in total. The number of nitrogens with zero attached hydrogens (tertiary/aromatic N) is 3. The van der Waals surface area contributed by atoms with Gasteiger partial charge in [0.05, 0.1) is 18.4 Å². The van der Waals surface area contributed by atoms with E-state index in [1.165, 1.54) is 7.11 Å². The van der Waals surface area contributed by atoms with E-state index in [1.54, 1.807) is 25.2 Å². The van der Waals surface area contributed by atoms with Crippen LogP contribution in [0.3, 0.4) is 0 Å². The average molecular weight is 382 g/mol. The van der Waals surface area contributed by atoms with Crippen molar-refractivity contribution in [3.8, 4) is 5.75 Å². The normalized spacial score (nSPS) is 14.7. The number of para-hydroxylation sites is 2. The Morgan fingerprint density at radius 1 is 1.11 bits per heavy atom. The lowest BCUT2D eigenvalue weighted by molar-refractivity contribution is 0.0600. The number of carbonyl (C=O) groups excluding carboxylic acids is 1. The Morgan fingerprint density at radius 3 is 2.39 bits per heavy atom. The number of piperazine rings is 1. The number of phenols is 1. The first-order valence-corrected chi connectivity index (χ1v) is 9.28. The van der Waals surface area contributed by atoms with Crippen LogP contribution in [0.25, 0.3) is 0 Å². The van der Waals surface area contributed by atoms with E-state index in [0.29, 0.717) is 17.9 Å². The number of aromatic hydroxyl groups is 1. The molecule has 1 aliphatic heterocycles. The monoisotopic (exact) mass is 382 g/mol. The van der Waals surface area contributed by atoms with Crippen LogP contribution < -0.4 is 10.2 Å². The first-order chi connectivity index (χ1) is 13.6. The molecule has 0 radical (unpaired) electrons. The molecule has 0 unspecified atom stereocenters. The summed E-state index contributed by atoms with van der Waals surface area (Å²) in [6.07, 6.45) is 0. The molecule has 2 aromatic rings. The number of hydrogen-bond donors (Lipinski definition) is 2. The van der Waals surface area contributed by atoms with Crippen LogP contribution in [-0.4, -0.2) is 62.3 Å². The number of rotatable bonds is 4. The molecule has 0 aliphatic carbocycles. The number of esters is 1. The second-order valence-corrected chi connectivity index (χ2v) is 6.55. The highest BCUT2D eigenvalue weighted by atomic mass is 16.5. The zero-order chi connectivity index (χ0) is 19.9. The second-order valence-electron chi connectivity index (χ2n) is 6.55. The van der Waals surface area contributed by atoms with Gasteiger partial charge in [0, 0.05) is 39.8 Å². The molecule has 0 amide bonds. The van der Waals surface area contributed by atoms with Gasteiger partial charge < -0.3 is 25.0 Å². The van der Waals surface area contributed by atoms with Crippen LogP contribution in [0.15, 0.2) is 53.5 Å². The Kier molecular flexibility index (Phi) is 6.37. The Balaban J connectivity index is 1.54. The van der Waals surface area contributed by atoms with E-state index in [4.69, 9.17) is 4.74 Å². The standard InChI is InChI=1S/C21H26N4O3/c1-22-21(23-15-16-7-9-17(10-8-16)20(27)28-2)25-13-11-24(12-14-25)18-5-3-4-6-19(18)26/h3-10,26H,11-15H2,1-2H3,(H,22,23). The van der Waals surface area contributed by atoms with Crippen molar-refractivity contribution in [1.29, 1.82) is 0 Å². The van der Waals surface area contributed by atoms with E-state index in [2.05, 4.69) is 20.1 Å². The molecule has 3 rings (SSSR count). The van der Waals surface area contributed by atoms with Gasteiger partial charge in [0.25, 0.3) is 0 Å². The van der Waals surface area contributed by atoms with Crippen molar-refractivity contribution >= 4 is 17.6 Å². The smallest absolute Gasteiger partial charge is 0.337 e. The Bertz CT molecular complexity index is 828. The Morgan fingerprint density at radius 2 is 1.79 bits per heavy atom. The van der Waals surface area contributed by atoms with Gasteiger partial charge in [-0.15, -0.1) is 0 Å². The Hall–Kier alpha value is -3.22. The van der Waals surface area contributed by atoms with E-state index < -0.39 is 0 Å². The summed E-state index contributed by atoms with van der Waals surface area (Å²) in [5, 5.41) is 13.4. The summed E-state index contributed by atoms with van der Waals surface area (Å²) in [5.41, 5.74) is 2.47. The van der Waals surface area contributed by atoms with Crippen LogP contribution in [0.4, 0.5) is 5.69 Å². The van der Waals surface area contributed by atoms with E-state index in [9.17, 15) is 9.90 Å². The lowest BCUT2D eigenvalue weighted by Gasteiger charge is -2.37. The number of hydrogen-bond acceptors (Lipinski definition) is 5. The molecule has 2 aromatic carbocycles. The van der Waals surface area contributed by atoms with Gasteiger partial charge in [-0.1, -0.05) is 24.3 Å². The molecule has 28 heavy (non-hydrogen) atoms. The largest absolute Gasteiger partial charge is 0.506 e. The molecule has 0 aromatic heterocycles. The number of carbonyl (C=O) groups is 1. The van der Waals surface area contributed by atoms with Gasteiger partial charge in [0.2, 0.25) is 0 Å². The summed E-state index contributed by atoms with van der Waals surface area (Å²) in [5.74, 6) is 0.820. The molecule has 7 nitrogen and oxygen atoms in total. The fraction of sp³-hybridized carbons (Fsp3) is 0.333. The van der Waals surface area contributed by atoms with Gasteiger partial charge in [0.1, 0.15) is 5.75 Å². The molecule has 7 heteroatoms. The minimum atomic E-state index is -0.336. The third kappa shape index (κ3) is 4.54. The molecular formula is C21H26N4O3. The highest BCUT2D eigenvalue weighted by Gasteiger charge is 2.21. The third-order valence-electron chi connectivity index (χ3n) is 4.84. The SMILES string of the molecule is CN=C(NCc1ccc(C(=O)OC)cc1)N1CCN(c2ccccc2O)CC1. The second kappa shape index (κ2) is 9.12. The molecule has 1 aliphatic rings. The zero-order valence-corrected chi connectivity index (χ0v) is 16.3. The molecule has 1 heterocycles. The van der Waals surface area contributed by atoms with Gasteiger partial charge in [-0.3, -0.25) is 4.99 Å². The summed E-state index contributed by atoms with van der Waals surface area (Å²) < 4.78 is 4.72. The summed E-state index contributed by atoms with van der Waals surface area (Å²) in [4.78, 5) is 20.3. The number of benzene rings is 2. The van der Waals surface area contributed by atoms with Crippen molar-refractivity contribution < 1.29 is 14.6 Å². The maximum Gasteiger partial charge on any atom is 0.337 e. The van der Waals surface area contributed by atoms with Gasteiger partial charge in [0.15, 0.2) is 5.96 Å². The molecule has 0 atom stereocenters. The maximum absolute atomic E-state index is 11.5. The number of ether oxygens (including phenoxy) is 1. The summed E-state index contributed by atoms with van der Waals surface area (Å²) in [6, 6.07) is 14.8. The predicted molar refractivity (Wildman–Crippen MR) is 110 cm³/mol. The van der Waals surface area contributed by atoms with Crippen molar-refractivity contribution in [3.63, 3.8) is 0 Å². The van der Waals surface area contributed by atoms with Crippen LogP contribution >= 0.6 is 0 Å². The van der Waals surface area contributed by atoms with Crippen molar-refractivity contribution in [2.45, 2.75) is 6.54 Å². The topological polar surface area (TPSA) is 77.4 Å². The number of nitrogens with one attached hydrogen (secondary N) is 1. The minimum absolute atomic E-state index is 0.314. The van der Waals surface area contributed by atoms with E-state index in [1.807, 2.05) is 30.3 Å². The molecule has 0 spiro atoms. The van der Waals surface area contributed by atoms with Gasteiger partial charge in [-0.05, 0) is 29.8 Å². The van der Waals surface area contributed by atoms with Crippen LogP contribution in [0.5, 0.6) is 5.75 Å². The minimum Gasteiger partial charge on any atom is -0.506 e. The van der Waals surface area contributed by atoms with Crippen LogP contribution in [0.2, 0.25) is 0 Å². The van der Waals surface area contributed by atoms with Crippen molar-refractivity contribution in [3.05, 3.63) is 59.7 Å². The summed E-state index contributed by atoms with van der Waals surface area (Å²) in [6.45, 7) is 3.87.